The second-order valence-corrected chi connectivity index (χ2v) is 37.7. The maximum Gasteiger partial charge on any atom is 0.428 e. The fourth-order valence-corrected chi connectivity index (χ4v) is 19.1. The molecule has 4 aromatic rings. The van der Waals surface area contributed by atoms with E-state index in [0.717, 1.165) is 11.8 Å². The summed E-state index contributed by atoms with van der Waals surface area (Å²) in [5.41, 5.74) is -8.25. The molecule has 2 aromatic heterocycles. The Labute approximate surface area is 642 Å². The van der Waals surface area contributed by atoms with Gasteiger partial charge in [-0.15, -0.1) is 20.4 Å². The Balaban J connectivity index is 0.786. The molecule has 0 bridgehead atoms. The standard InChI is InChI=1S/C76H99F3N12O18S2/c1-41-21-14-16-24-46-38-75(46,83-59(93)55-34-48(106-62-52-27-19-17-25-50(52)60(104-11)84-86-62)39-90(55)64(94)56(43(3)31-41)80-68(98)108-70(5,6)7)67(97)89-111(102,103)72(9)35-47(72)36-73(10,76(77,78)79)109-69(99)81-57-44(4)32-42(2)22-13-15-23-45-37-74(45,66(96)88-110(100,101)71(8)29-30-71)82-58(92)54-33-49(40-91(54)65(57)95)107-63-53-28-20-18-26-51(53)61(105-12)85-87-63/h15-20,23-28,41-49,54-57H,13-14,21-22,29-40H2,1-12H3,(H,80,98)(H,81,99)(H,82,92)(H,83,93)(H,88,96)(H,89,97)/b23-15-,24-16-/t41-,42+,43-,44-,45-,46-,47?,48-,49-,54+,55+,56+,57+,72?,73?,74-,75-/m1/s1. The van der Waals surface area contributed by atoms with E-state index in [1.54, 1.807) is 107 Å². The average molecular weight is 1590 g/mol. The van der Waals surface area contributed by atoms with Gasteiger partial charge < -0.3 is 59.5 Å². The van der Waals surface area contributed by atoms with Gasteiger partial charge in [0, 0.05) is 31.1 Å². The van der Waals surface area contributed by atoms with Crippen LogP contribution < -0.4 is 49.7 Å². The Kier molecular flexibility index (Phi) is 22.3. The largest absolute Gasteiger partial charge is 0.479 e. The molecular weight excluding hydrogens is 1490 g/mol. The molecular formula is C76H99F3N12O18S2. The summed E-state index contributed by atoms with van der Waals surface area (Å²) in [6.07, 6.45) is -2.28. The monoisotopic (exact) mass is 1590 g/mol. The first-order chi connectivity index (χ1) is 52.1. The van der Waals surface area contributed by atoms with E-state index in [9.17, 15) is 31.2 Å². The number of methoxy groups -OCH3 is 2. The van der Waals surface area contributed by atoms with Crippen LogP contribution >= 0.6 is 0 Å². The maximum absolute atomic E-state index is 15.9. The van der Waals surface area contributed by atoms with Gasteiger partial charge in [0.05, 0.1) is 58.3 Å². The van der Waals surface area contributed by atoms with Crippen molar-refractivity contribution in [1.82, 2.24) is 60.9 Å². The number of ether oxygens (including phenoxy) is 6. The van der Waals surface area contributed by atoms with Crippen LogP contribution in [0.1, 0.15) is 159 Å². The summed E-state index contributed by atoms with van der Waals surface area (Å²) in [6.45, 7) is 14.8. The van der Waals surface area contributed by atoms with Crippen molar-refractivity contribution in [2.75, 3.05) is 27.3 Å². The summed E-state index contributed by atoms with van der Waals surface area (Å²) in [6, 6.07) is 7.85. The van der Waals surface area contributed by atoms with Gasteiger partial charge in [-0.3, -0.25) is 38.2 Å². The number of carbonyl (C=O) groups excluding carboxylic acids is 8. The van der Waals surface area contributed by atoms with Crippen LogP contribution in [0, 0.1) is 41.4 Å². The number of amides is 8. The topological polar surface area (TPSA) is 390 Å². The van der Waals surface area contributed by atoms with Crippen molar-refractivity contribution in [3.8, 4) is 23.5 Å². The number of rotatable bonds is 17. The van der Waals surface area contributed by atoms with Crippen LogP contribution in [-0.4, -0.2) is 196 Å². The van der Waals surface area contributed by atoms with Crippen molar-refractivity contribution in [2.45, 2.75) is 233 Å². The second-order valence-electron chi connectivity index (χ2n) is 33.4. The molecule has 4 saturated carbocycles. The fourth-order valence-electron chi connectivity index (χ4n) is 16.2. The quantitative estimate of drug-likeness (QED) is 0.0552. The molecule has 8 amide bonds. The van der Waals surface area contributed by atoms with E-state index in [0.29, 0.717) is 73.4 Å². The van der Waals surface area contributed by atoms with Gasteiger partial charge in [0.2, 0.25) is 72.8 Å². The Morgan fingerprint density at radius 2 is 0.973 bits per heavy atom. The molecule has 6 heterocycles. The normalized spacial score (nSPS) is 32.2. The molecule has 6 N–H and O–H groups in total. The van der Waals surface area contributed by atoms with E-state index in [4.69, 9.17) is 28.4 Å². The third-order valence-corrected chi connectivity index (χ3v) is 27.9. The molecule has 8 aliphatic rings. The van der Waals surface area contributed by atoms with Crippen molar-refractivity contribution in [1.29, 1.82) is 0 Å². The van der Waals surface area contributed by atoms with Gasteiger partial charge in [-0.25, -0.2) is 26.4 Å². The third kappa shape index (κ3) is 16.7. The van der Waals surface area contributed by atoms with Crippen molar-refractivity contribution < 1.29 is 96.8 Å². The number of sulfonamides is 2. The highest BCUT2D eigenvalue weighted by molar-refractivity contribution is 7.92. The first kappa shape index (κ1) is 81.3. The SMILES string of the molecule is COc1nnc(O[C@@H]2C[C@H]3C(=O)N[C@]4(C(=O)NS(=O)(=O)C5(C)CC5CC(C)(OC(=O)N[C@@H]5C(=O)N6C[C@H](Oc7nnc(OC)c8ccccc78)C[C@H]6C(=O)N[C@]6(C(=O)NS(=O)(=O)C7(C)CC7)C[C@H]6/C=C\CC[C@H](C)C[C@H]5C)C(F)(F)F)C[C@H]4/C=C\CC[C@@H](C)C[C@@H](C)[C@H](NC(=O)OC(C)(C)C)C(=O)N3C2)c2ccccc12. The number of fused-ring (bicyclic) bond motifs is 6. The Morgan fingerprint density at radius 1 is 0.577 bits per heavy atom. The summed E-state index contributed by atoms with van der Waals surface area (Å²) in [5, 5.41) is 29.5. The minimum Gasteiger partial charge on any atom is -0.479 e. The van der Waals surface area contributed by atoms with Gasteiger partial charge in [0.15, 0.2) is 0 Å². The van der Waals surface area contributed by atoms with Gasteiger partial charge in [-0.1, -0.05) is 76.3 Å². The van der Waals surface area contributed by atoms with Crippen LogP contribution in [0.2, 0.25) is 0 Å². The summed E-state index contributed by atoms with van der Waals surface area (Å²) < 4.78 is 140. The average Bonchev–Trinajstić information content (AvgIpc) is 1.56. The molecule has 4 aliphatic heterocycles. The van der Waals surface area contributed by atoms with Crippen molar-refractivity contribution in [3.63, 3.8) is 0 Å². The number of hydrogen-bond acceptors (Lipinski definition) is 22. The highest BCUT2D eigenvalue weighted by Gasteiger charge is 2.69. The molecule has 604 valence electrons. The van der Waals surface area contributed by atoms with E-state index >= 15 is 37.1 Å². The Hall–Kier alpha value is -9.15. The first-order valence-corrected chi connectivity index (χ1v) is 40.7. The lowest BCUT2D eigenvalue weighted by Crippen LogP contribution is -2.60. The molecule has 2 saturated heterocycles. The van der Waals surface area contributed by atoms with Crippen molar-refractivity contribution in [2.24, 2.45) is 41.4 Å². The second kappa shape index (κ2) is 30.4. The molecule has 4 aliphatic carbocycles. The number of alkyl halides is 3. The molecule has 0 spiro atoms. The molecule has 6 fully saturated rings. The van der Waals surface area contributed by atoms with E-state index < -0.39 is 191 Å². The molecule has 3 unspecified atom stereocenters. The minimum absolute atomic E-state index is 0.00704. The summed E-state index contributed by atoms with van der Waals surface area (Å²) in [7, 11) is -6.42. The van der Waals surface area contributed by atoms with Crippen LogP contribution in [0.4, 0.5) is 22.8 Å². The molecule has 17 atom stereocenters. The fraction of sp³-hybridized carbons (Fsp3) is 0.632. The number of alkyl carbamates (subject to hydrolysis) is 2. The van der Waals surface area contributed by atoms with Crippen LogP contribution in [0.25, 0.3) is 21.5 Å². The molecule has 0 radical (unpaired) electrons. The number of nitrogens with one attached hydrogen (secondary N) is 6. The zero-order chi connectivity index (χ0) is 80.5. The third-order valence-electron chi connectivity index (χ3n) is 23.5. The van der Waals surface area contributed by atoms with Crippen molar-refractivity contribution in [3.05, 3.63) is 72.8 Å². The van der Waals surface area contributed by atoms with Crippen LogP contribution in [0.3, 0.4) is 0 Å². The Bertz CT molecular complexity index is 4640. The van der Waals surface area contributed by atoms with Gasteiger partial charge in [0.25, 0.3) is 11.8 Å². The maximum atomic E-state index is 15.9. The smallest absolute Gasteiger partial charge is 0.428 e. The lowest BCUT2D eigenvalue weighted by atomic mass is 9.88. The van der Waals surface area contributed by atoms with Gasteiger partial charge in [-0.05, 0) is 166 Å². The minimum atomic E-state index is -5.42. The molecule has 2 aromatic carbocycles. The Morgan fingerprint density at radius 3 is 1.37 bits per heavy atom. The lowest BCUT2D eigenvalue weighted by molar-refractivity contribution is -0.255. The molecule has 111 heavy (non-hydrogen) atoms. The number of halogens is 3. The number of allylic oxidation sites excluding steroid dienone is 2. The number of hydrogen-bond donors (Lipinski definition) is 6. The van der Waals surface area contributed by atoms with E-state index in [-0.39, 0.29) is 74.0 Å². The van der Waals surface area contributed by atoms with E-state index in [1.807, 2.05) is 13.8 Å². The summed E-state index contributed by atoms with van der Waals surface area (Å²) in [4.78, 5) is 121. The number of benzene rings is 2. The predicted octanol–water partition coefficient (Wildman–Crippen LogP) is 7.68. The zero-order valence-electron chi connectivity index (χ0n) is 64.2. The highest BCUT2D eigenvalue weighted by atomic mass is 32.2. The highest BCUT2D eigenvalue weighted by Crippen LogP contribution is 2.57. The van der Waals surface area contributed by atoms with Crippen molar-refractivity contribution >= 4 is 89.2 Å². The van der Waals surface area contributed by atoms with E-state index in [1.165, 1.54) is 26.0 Å². The predicted molar refractivity (Wildman–Crippen MR) is 396 cm³/mol. The van der Waals surface area contributed by atoms with Crippen LogP contribution in [0.5, 0.6) is 23.5 Å². The summed E-state index contributed by atoms with van der Waals surface area (Å²) in [5.74, 6) is -9.93. The van der Waals surface area contributed by atoms with Gasteiger partial charge in [-0.2, -0.15) is 13.2 Å². The molecule has 12 rings (SSSR count). The molecule has 30 nitrogen and oxygen atoms in total. The number of nitrogens with zero attached hydrogens (tertiary/aromatic N) is 6. The summed E-state index contributed by atoms with van der Waals surface area (Å²) >= 11 is 0. The zero-order valence-corrected chi connectivity index (χ0v) is 65.9. The number of aromatic nitrogens is 4. The number of carbonyl (C=O) groups is 8. The first-order valence-electron chi connectivity index (χ1n) is 37.8. The lowest BCUT2D eigenvalue weighted by Gasteiger charge is -2.35. The van der Waals surface area contributed by atoms with Gasteiger partial charge >= 0.3 is 18.4 Å². The van der Waals surface area contributed by atoms with Crippen LogP contribution in [0.15, 0.2) is 72.8 Å². The molecule has 35 heteroatoms. The van der Waals surface area contributed by atoms with Crippen LogP contribution in [-0.2, 0) is 58.3 Å². The van der Waals surface area contributed by atoms with Gasteiger partial charge in [0.1, 0.15) is 53.1 Å². The van der Waals surface area contributed by atoms with E-state index in [2.05, 4.69) is 51.1 Å².